The first kappa shape index (κ1) is 25.1. The molecule has 37 heavy (non-hydrogen) atoms. The molecule has 3 nitrogen and oxygen atoms in total. The third-order valence-electron chi connectivity index (χ3n) is 6.59. The molecule has 5 rings (SSSR count). The van der Waals surface area contributed by atoms with Gasteiger partial charge in [0.2, 0.25) is 0 Å². The van der Waals surface area contributed by atoms with E-state index in [0.717, 1.165) is 23.1 Å². The maximum atomic E-state index is 14.9. The summed E-state index contributed by atoms with van der Waals surface area (Å²) in [5.74, 6) is -1.72. The highest BCUT2D eigenvalue weighted by Gasteiger charge is 2.27. The van der Waals surface area contributed by atoms with Crippen LogP contribution in [0.15, 0.2) is 78.9 Å². The van der Waals surface area contributed by atoms with E-state index in [1.807, 2.05) is 13.0 Å². The molecule has 0 aliphatic carbocycles. The molecule has 0 bridgehead atoms. The standard InChI is InChI=1S/C31H27F3O3/c1-2-3-28(35)21-6-4-20(5-7-21)25-14-11-23(30(33)31(25)34)17-36-24-12-8-19(9-13-24)22-10-15-26(27(32)16-22)29-18-37-29/h4-16,28-29,35H,2-3,17-18H2,1H3. The van der Waals surface area contributed by atoms with Gasteiger partial charge in [-0.1, -0.05) is 74.0 Å². The van der Waals surface area contributed by atoms with Crippen LogP contribution in [0.3, 0.4) is 0 Å². The molecule has 190 valence electrons. The predicted octanol–water partition coefficient (Wildman–Crippen LogP) is 7.92. The minimum Gasteiger partial charge on any atom is -0.489 e. The van der Waals surface area contributed by atoms with Gasteiger partial charge in [-0.3, -0.25) is 0 Å². The summed E-state index contributed by atoms with van der Waals surface area (Å²) >= 11 is 0. The third-order valence-corrected chi connectivity index (χ3v) is 6.59. The van der Waals surface area contributed by atoms with Gasteiger partial charge >= 0.3 is 0 Å². The molecule has 0 saturated carbocycles. The van der Waals surface area contributed by atoms with Gasteiger partial charge in [0.1, 0.15) is 24.3 Å². The van der Waals surface area contributed by atoms with E-state index in [0.29, 0.717) is 29.9 Å². The number of aliphatic hydroxyl groups excluding tert-OH is 1. The van der Waals surface area contributed by atoms with Crippen LogP contribution >= 0.6 is 0 Å². The van der Waals surface area contributed by atoms with Gasteiger partial charge in [0.15, 0.2) is 11.6 Å². The second-order valence-corrected chi connectivity index (χ2v) is 9.20. The second kappa shape index (κ2) is 10.8. The van der Waals surface area contributed by atoms with Crippen LogP contribution < -0.4 is 4.74 Å². The van der Waals surface area contributed by atoms with Crippen molar-refractivity contribution >= 4 is 0 Å². The largest absolute Gasteiger partial charge is 0.489 e. The lowest BCUT2D eigenvalue weighted by molar-refractivity contribution is 0.166. The fourth-order valence-corrected chi connectivity index (χ4v) is 4.35. The van der Waals surface area contributed by atoms with Crippen molar-refractivity contribution in [3.8, 4) is 28.0 Å². The Labute approximate surface area is 214 Å². The minimum atomic E-state index is -0.959. The fourth-order valence-electron chi connectivity index (χ4n) is 4.35. The van der Waals surface area contributed by atoms with E-state index < -0.39 is 17.7 Å². The first-order valence-corrected chi connectivity index (χ1v) is 12.3. The number of aliphatic hydroxyl groups is 1. The quantitative estimate of drug-likeness (QED) is 0.235. The Morgan fingerprint density at radius 2 is 1.54 bits per heavy atom. The molecule has 1 aliphatic rings. The molecule has 4 aromatic carbocycles. The molecule has 0 aromatic heterocycles. The first-order valence-electron chi connectivity index (χ1n) is 12.3. The predicted molar refractivity (Wildman–Crippen MR) is 137 cm³/mol. The first-order chi connectivity index (χ1) is 17.9. The number of ether oxygens (including phenoxy) is 2. The van der Waals surface area contributed by atoms with Crippen molar-refractivity contribution < 1.29 is 27.8 Å². The maximum Gasteiger partial charge on any atom is 0.167 e. The van der Waals surface area contributed by atoms with Crippen LogP contribution in [0.2, 0.25) is 0 Å². The molecule has 1 fully saturated rings. The summed E-state index contributed by atoms with van der Waals surface area (Å²) in [5.41, 5.74) is 3.62. The van der Waals surface area contributed by atoms with E-state index in [1.54, 1.807) is 54.6 Å². The molecule has 4 aromatic rings. The monoisotopic (exact) mass is 504 g/mol. The number of rotatable bonds is 9. The molecule has 1 N–H and O–H groups in total. The Balaban J connectivity index is 1.25. The second-order valence-electron chi connectivity index (χ2n) is 9.20. The highest BCUT2D eigenvalue weighted by atomic mass is 19.2. The number of hydrogen-bond acceptors (Lipinski definition) is 3. The van der Waals surface area contributed by atoms with Gasteiger partial charge < -0.3 is 14.6 Å². The molecular formula is C31H27F3O3. The van der Waals surface area contributed by atoms with Gasteiger partial charge in [-0.25, -0.2) is 13.2 Å². The van der Waals surface area contributed by atoms with Crippen LogP contribution in [0.4, 0.5) is 13.2 Å². The van der Waals surface area contributed by atoms with Crippen LogP contribution in [0.5, 0.6) is 5.75 Å². The minimum absolute atomic E-state index is 0.0975. The maximum absolute atomic E-state index is 14.9. The molecule has 2 unspecified atom stereocenters. The summed E-state index contributed by atoms with van der Waals surface area (Å²) in [6.07, 6.45) is 0.773. The van der Waals surface area contributed by atoms with Crippen LogP contribution in [-0.4, -0.2) is 11.7 Å². The number of benzene rings is 4. The van der Waals surface area contributed by atoms with Crippen LogP contribution in [0.1, 0.15) is 48.7 Å². The van der Waals surface area contributed by atoms with E-state index in [-0.39, 0.29) is 29.7 Å². The van der Waals surface area contributed by atoms with Crippen molar-refractivity contribution in [3.05, 3.63) is 113 Å². The molecule has 6 heteroatoms. The van der Waals surface area contributed by atoms with Crippen molar-refractivity contribution in [1.29, 1.82) is 0 Å². The van der Waals surface area contributed by atoms with E-state index in [4.69, 9.17) is 9.47 Å². The fraction of sp³-hybridized carbons (Fsp3) is 0.226. The molecular weight excluding hydrogens is 477 g/mol. The Bertz CT molecular complexity index is 1380. The summed E-state index contributed by atoms with van der Waals surface area (Å²) < 4.78 is 54.9. The summed E-state index contributed by atoms with van der Waals surface area (Å²) in [7, 11) is 0. The van der Waals surface area contributed by atoms with Gasteiger partial charge in [0.05, 0.1) is 12.7 Å². The molecule has 1 heterocycles. The zero-order valence-corrected chi connectivity index (χ0v) is 20.4. The molecule has 0 amide bonds. The lowest BCUT2D eigenvalue weighted by Gasteiger charge is -2.13. The highest BCUT2D eigenvalue weighted by molar-refractivity contribution is 5.66. The van der Waals surface area contributed by atoms with Crippen molar-refractivity contribution in [2.45, 2.75) is 38.6 Å². The average Bonchev–Trinajstić information content (AvgIpc) is 3.75. The van der Waals surface area contributed by atoms with Gasteiger partial charge in [-0.15, -0.1) is 0 Å². The van der Waals surface area contributed by atoms with Crippen molar-refractivity contribution in [2.24, 2.45) is 0 Å². The van der Waals surface area contributed by atoms with E-state index in [1.165, 1.54) is 18.2 Å². The number of epoxide rings is 1. The van der Waals surface area contributed by atoms with Crippen LogP contribution in [-0.2, 0) is 11.3 Å². The van der Waals surface area contributed by atoms with Crippen molar-refractivity contribution in [2.75, 3.05) is 6.61 Å². The molecule has 0 spiro atoms. The van der Waals surface area contributed by atoms with Gasteiger partial charge in [0, 0.05) is 16.7 Å². The van der Waals surface area contributed by atoms with Crippen molar-refractivity contribution in [3.63, 3.8) is 0 Å². The van der Waals surface area contributed by atoms with E-state index >= 15 is 0 Å². The number of hydrogen-bond donors (Lipinski definition) is 1. The van der Waals surface area contributed by atoms with Crippen LogP contribution in [0, 0.1) is 17.5 Å². The van der Waals surface area contributed by atoms with Gasteiger partial charge in [0.25, 0.3) is 0 Å². The molecule has 0 radical (unpaired) electrons. The van der Waals surface area contributed by atoms with Crippen LogP contribution in [0.25, 0.3) is 22.3 Å². The molecule has 2 atom stereocenters. The summed E-state index contributed by atoms with van der Waals surface area (Å²) in [4.78, 5) is 0. The Morgan fingerprint density at radius 3 is 2.19 bits per heavy atom. The van der Waals surface area contributed by atoms with Crippen molar-refractivity contribution in [1.82, 2.24) is 0 Å². The Morgan fingerprint density at radius 1 is 0.865 bits per heavy atom. The average molecular weight is 505 g/mol. The number of halogens is 3. The topological polar surface area (TPSA) is 42.0 Å². The van der Waals surface area contributed by atoms with Gasteiger partial charge in [-0.05, 0) is 46.9 Å². The third kappa shape index (κ3) is 5.55. The summed E-state index contributed by atoms with van der Waals surface area (Å²) in [5, 5.41) is 10.1. The smallest absolute Gasteiger partial charge is 0.167 e. The summed E-state index contributed by atoms with van der Waals surface area (Å²) in [6.45, 7) is 2.39. The van der Waals surface area contributed by atoms with E-state index in [2.05, 4.69) is 0 Å². The zero-order chi connectivity index (χ0) is 25.9. The Hall–Kier alpha value is -3.61. The lowest BCUT2D eigenvalue weighted by atomic mass is 9.98. The highest BCUT2D eigenvalue weighted by Crippen LogP contribution is 2.34. The molecule has 1 aliphatic heterocycles. The Kier molecular flexibility index (Phi) is 7.31. The SMILES string of the molecule is CCCC(O)c1ccc(-c2ccc(COc3ccc(-c4ccc(C5CO5)c(F)c4)cc3)c(F)c2F)cc1. The lowest BCUT2D eigenvalue weighted by Crippen LogP contribution is -2.02. The van der Waals surface area contributed by atoms with Gasteiger partial charge in [-0.2, -0.15) is 0 Å². The van der Waals surface area contributed by atoms with E-state index in [9.17, 15) is 18.3 Å². The molecule has 1 saturated heterocycles. The normalized spacial score (nSPS) is 15.4. The zero-order valence-electron chi connectivity index (χ0n) is 20.4. The summed E-state index contributed by atoms with van der Waals surface area (Å²) in [6, 6.07) is 21.9.